The van der Waals surface area contributed by atoms with Gasteiger partial charge in [-0.25, -0.2) is 0 Å². The number of nitrogens with zero attached hydrogens (tertiary/aromatic N) is 2. The minimum Gasteiger partial charge on any atom is -0.507 e. The molecule has 15 nitrogen and oxygen atoms in total. The van der Waals surface area contributed by atoms with E-state index in [1.165, 1.54) is 78.5 Å². The fourth-order valence-electron chi connectivity index (χ4n) is 12.8. The molecule has 71 heavy (non-hydrogen) atoms. The summed E-state index contributed by atoms with van der Waals surface area (Å²) in [5, 5.41) is 69.9. The summed E-state index contributed by atoms with van der Waals surface area (Å²) < 4.78 is 24.0. The van der Waals surface area contributed by atoms with Crippen molar-refractivity contribution in [1.82, 2.24) is 5.01 Å². The van der Waals surface area contributed by atoms with Gasteiger partial charge in [0.1, 0.15) is 23.4 Å². The number of Topliss-reactive ketones (excluding diaryl/α,β-unsaturated/α-hetero) is 1. The maximum absolute atomic E-state index is 14.8. The number of aliphatic hydroxyl groups is 2. The molecule has 3 aliphatic heterocycles. The van der Waals surface area contributed by atoms with Crippen LogP contribution in [0.1, 0.15) is 154 Å². The average Bonchev–Trinajstić information content (AvgIpc) is 3.59. The second-order valence-electron chi connectivity index (χ2n) is 21.9. The Morgan fingerprint density at radius 3 is 2.13 bits per heavy atom. The number of nitrogens with one attached hydrogen (secondary N) is 1. The maximum Gasteiger partial charge on any atom is 0.312 e. The summed E-state index contributed by atoms with van der Waals surface area (Å²) in [6, 6.07) is 0. The number of amides is 1. The number of hydrazone groups is 1. The van der Waals surface area contributed by atoms with Crippen LogP contribution in [-0.2, 0) is 23.8 Å². The van der Waals surface area contributed by atoms with Gasteiger partial charge < -0.3 is 49.8 Å². The Morgan fingerprint density at radius 2 is 1.51 bits per heavy atom. The Kier molecular flexibility index (Phi) is 16.6. The van der Waals surface area contributed by atoms with Gasteiger partial charge in [0.05, 0.1) is 58.5 Å². The predicted molar refractivity (Wildman–Crippen MR) is 272 cm³/mol. The highest BCUT2D eigenvalue weighted by Crippen LogP contribution is 2.59. The molecule has 0 saturated heterocycles. The number of hydrogen-bond acceptors (Lipinski definition) is 14. The average molecular weight is 986 g/mol. The van der Waals surface area contributed by atoms with E-state index in [9.17, 15) is 39.9 Å². The molecule has 0 aromatic heterocycles. The van der Waals surface area contributed by atoms with Crippen molar-refractivity contribution in [2.24, 2.45) is 46.5 Å². The second-order valence-corrected chi connectivity index (χ2v) is 21.9. The minimum absolute atomic E-state index is 0.0655. The van der Waals surface area contributed by atoms with Crippen molar-refractivity contribution in [2.75, 3.05) is 19.0 Å². The van der Waals surface area contributed by atoms with Gasteiger partial charge in [0.15, 0.2) is 5.75 Å². The van der Waals surface area contributed by atoms with Gasteiger partial charge in [-0.15, -0.1) is 0 Å². The first-order chi connectivity index (χ1) is 33.7. The quantitative estimate of drug-likeness (QED) is 0.0292. The van der Waals surface area contributed by atoms with Gasteiger partial charge in [-0.05, 0) is 82.6 Å². The van der Waals surface area contributed by atoms with Crippen molar-refractivity contribution < 1.29 is 58.9 Å². The summed E-state index contributed by atoms with van der Waals surface area (Å²) in [4.78, 5) is 41.5. The topological polar surface area (TPSA) is 217 Å². The molecule has 0 radical (unpaired) electrons. The first-order valence-electron chi connectivity index (χ1n) is 26.1. The minimum atomic E-state index is -2.05. The lowest BCUT2D eigenvalue weighted by atomic mass is 9.52. The molecule has 4 saturated carbocycles. The number of rotatable bonds is 12. The number of unbranched alkanes of at least 4 members (excludes halogenated alkanes) is 5. The van der Waals surface area contributed by atoms with E-state index in [2.05, 4.69) is 17.2 Å². The predicted octanol–water partition coefficient (Wildman–Crippen LogP) is 9.72. The van der Waals surface area contributed by atoms with E-state index in [-0.39, 0.29) is 50.0 Å². The lowest BCUT2D eigenvalue weighted by Crippen LogP contribution is -2.58. The molecule has 9 atom stereocenters. The monoisotopic (exact) mass is 986 g/mol. The Hall–Kier alpha value is -5.12. The highest BCUT2D eigenvalue weighted by atomic mass is 16.7. The van der Waals surface area contributed by atoms with Crippen LogP contribution in [0.5, 0.6) is 23.0 Å². The van der Waals surface area contributed by atoms with Crippen LogP contribution >= 0.6 is 0 Å². The molecule has 15 heteroatoms. The number of phenols is 3. The van der Waals surface area contributed by atoms with Gasteiger partial charge in [-0.1, -0.05) is 85.0 Å². The summed E-state index contributed by atoms with van der Waals surface area (Å²) in [6.07, 6.45) is 18.6. The number of carbonyl (C=O) groups excluding carboxylic acids is 3. The number of esters is 1. The number of benzene rings is 2. The summed E-state index contributed by atoms with van der Waals surface area (Å²) in [5.41, 5.74) is -0.324. The number of phenolic OH excluding ortho intramolecular Hbond substituents is 3. The first-order valence-corrected chi connectivity index (χ1v) is 26.1. The molecule has 0 spiro atoms. The van der Waals surface area contributed by atoms with E-state index in [0.717, 1.165) is 44.9 Å². The molecule has 4 aliphatic carbocycles. The van der Waals surface area contributed by atoms with Crippen LogP contribution in [0.2, 0.25) is 0 Å². The molecular weight excluding hydrogens is 907 g/mol. The molecule has 390 valence electrons. The number of fused-ring (bicyclic) bond motifs is 14. The highest BCUT2D eigenvalue weighted by Gasteiger charge is 2.54. The van der Waals surface area contributed by atoms with Crippen LogP contribution in [0.3, 0.4) is 0 Å². The Labute approximate surface area is 419 Å². The van der Waals surface area contributed by atoms with Crippen molar-refractivity contribution >= 4 is 40.3 Å². The zero-order chi connectivity index (χ0) is 51.7. The van der Waals surface area contributed by atoms with Crippen molar-refractivity contribution in [1.29, 1.82) is 0 Å². The van der Waals surface area contributed by atoms with E-state index < -0.39 is 88.8 Å². The van der Waals surface area contributed by atoms with Gasteiger partial charge in [0.25, 0.3) is 11.7 Å². The highest BCUT2D eigenvalue weighted by molar-refractivity contribution is 6.23. The number of hydrogen-bond donors (Lipinski definition) is 6. The molecule has 9 rings (SSSR count). The summed E-state index contributed by atoms with van der Waals surface area (Å²) >= 11 is 0. The van der Waals surface area contributed by atoms with Gasteiger partial charge in [-0.2, -0.15) is 5.10 Å². The van der Waals surface area contributed by atoms with E-state index in [4.69, 9.17) is 24.0 Å². The van der Waals surface area contributed by atoms with E-state index in [1.54, 1.807) is 52.8 Å². The van der Waals surface area contributed by atoms with Crippen LogP contribution in [0.15, 0.2) is 41.2 Å². The zero-order valence-electron chi connectivity index (χ0n) is 43.5. The van der Waals surface area contributed by atoms with Gasteiger partial charge >= 0.3 is 11.8 Å². The van der Waals surface area contributed by atoms with Gasteiger partial charge in [0.2, 0.25) is 0 Å². The van der Waals surface area contributed by atoms with E-state index >= 15 is 0 Å². The number of anilines is 1. The summed E-state index contributed by atoms with van der Waals surface area (Å²) in [5.74, 6) is -6.28. The summed E-state index contributed by atoms with van der Waals surface area (Å²) in [7, 11) is 1.46. The molecule has 4 fully saturated rings. The number of ether oxygens (including phenoxy) is 4. The van der Waals surface area contributed by atoms with Crippen LogP contribution in [0, 0.1) is 48.3 Å². The van der Waals surface area contributed by atoms with Crippen molar-refractivity contribution in [3.05, 3.63) is 52.8 Å². The molecule has 3 heterocycles. The largest absolute Gasteiger partial charge is 0.507 e. The maximum atomic E-state index is 14.8. The van der Waals surface area contributed by atoms with Crippen molar-refractivity contribution in [3.63, 3.8) is 0 Å². The van der Waals surface area contributed by atoms with Crippen molar-refractivity contribution in [3.8, 4) is 23.0 Å². The number of allylic oxidation sites excluding steroid dienone is 2. The van der Waals surface area contributed by atoms with Crippen LogP contribution < -0.4 is 10.1 Å². The normalized spacial score (nSPS) is 33.1. The standard InChI is InChI=1S/C56H79N3O12/c1-11-12-13-14-15-16-21-59(56-26-37-23-38(27-56)25-39(24-37)28-56)57-29-40-45-50(65)43-42(49(40)64)44-52(35(7)48(43)63)71-55(9,53(44)66)69-22-20-41(68-10)32(4)51(70-36(8)60)34(6)47(62)33(5)46(61)30(2)18-17-19-31(3)54(67)58-45/h17-20,22,29-30,32-34,37-39,41,46-47,51,61-65H,11-16,21,23-28H2,1-10H3,(H,58,67)/t30-,32+,33-,34-,37?,38?,39?,41+,46+,47-,51+,55+,56?/m1/s1. The zero-order valence-corrected chi connectivity index (χ0v) is 43.5. The lowest BCUT2D eigenvalue weighted by Gasteiger charge is -2.59. The third kappa shape index (κ3) is 10.7. The molecular formula is C56H79N3O12. The van der Waals surface area contributed by atoms with E-state index in [0.29, 0.717) is 24.3 Å². The molecule has 7 aliphatic rings. The third-order valence-electron chi connectivity index (χ3n) is 16.6. The Morgan fingerprint density at radius 1 is 0.873 bits per heavy atom. The number of aliphatic hydroxyl groups excluding tert-OH is 2. The molecule has 6 N–H and O–H groups in total. The molecule has 2 aromatic rings. The fraction of sp³-hybridized carbons (Fsp3) is 0.643. The molecule has 2 aromatic carbocycles. The molecule has 1 amide bonds. The number of aromatic hydroxyl groups is 3. The smallest absolute Gasteiger partial charge is 0.312 e. The van der Waals surface area contributed by atoms with Gasteiger partial charge in [0, 0.05) is 67.7 Å². The SMILES string of the molecule is CCCCCCCCN(N=Cc1c2c(O)c3c(O)c(C)c4c(c3c1O)C(=O)[C@@](C)(OC=C[C@H](OC)[C@H](C)[C@H](OC(C)=O)[C@H](C)[C@H](O)[C@H](C)[C@@H](O)[C@H](C)C=CC=C(C)C(=O)N2)O4)C12CC3CC(CC(C3)C1)C2. The Bertz CT molecular complexity index is 2410. The Balaban J connectivity index is 1.37. The summed E-state index contributed by atoms with van der Waals surface area (Å²) in [6.45, 7) is 15.6. The third-order valence-corrected chi connectivity index (χ3v) is 16.6. The van der Waals surface area contributed by atoms with Crippen LogP contribution in [0.25, 0.3) is 10.8 Å². The van der Waals surface area contributed by atoms with Crippen LogP contribution in [0.4, 0.5) is 5.69 Å². The molecule has 0 unspecified atom stereocenters. The van der Waals surface area contributed by atoms with Gasteiger partial charge in [-0.3, -0.25) is 19.4 Å². The second kappa shape index (κ2) is 21.9. The number of methoxy groups -OCH3 is 1. The molecule has 9 bridgehead atoms. The first kappa shape index (κ1) is 53.7. The lowest BCUT2D eigenvalue weighted by molar-refractivity contribution is -0.160. The fourth-order valence-corrected chi connectivity index (χ4v) is 12.8. The van der Waals surface area contributed by atoms with Crippen LogP contribution in [-0.4, -0.2) is 104 Å². The van der Waals surface area contributed by atoms with Crippen molar-refractivity contribution in [2.45, 2.75) is 175 Å². The number of ketones is 1. The van der Waals surface area contributed by atoms with E-state index in [1.807, 2.05) is 0 Å². The number of carbonyl (C=O) groups is 3.